The van der Waals surface area contributed by atoms with Gasteiger partial charge in [0.15, 0.2) is 0 Å². The summed E-state index contributed by atoms with van der Waals surface area (Å²) in [7, 11) is 0. The molecule has 2 aromatic rings. The molecule has 2 aliphatic rings. The van der Waals surface area contributed by atoms with Crippen molar-refractivity contribution in [2.75, 3.05) is 0 Å². The maximum Gasteiger partial charge on any atom is 0.0192 e. The Bertz CT molecular complexity index is 686. The first kappa shape index (κ1) is 17.3. The number of rotatable bonds is 5. The zero-order valence-corrected chi connectivity index (χ0v) is 15.7. The van der Waals surface area contributed by atoms with Crippen LogP contribution in [0.1, 0.15) is 68.4 Å². The van der Waals surface area contributed by atoms with Crippen molar-refractivity contribution in [1.29, 1.82) is 0 Å². The second kappa shape index (κ2) is 8.54. The van der Waals surface area contributed by atoms with Gasteiger partial charge in [-0.1, -0.05) is 84.0 Å². The fourth-order valence-electron chi connectivity index (χ4n) is 4.86. The molecule has 4 rings (SSSR count). The number of benzene rings is 2. The van der Waals surface area contributed by atoms with E-state index in [0.717, 1.165) is 0 Å². The third-order valence-corrected chi connectivity index (χ3v) is 6.10. The van der Waals surface area contributed by atoms with Gasteiger partial charge in [0.2, 0.25) is 0 Å². The van der Waals surface area contributed by atoms with Gasteiger partial charge in [0.05, 0.1) is 0 Å². The van der Waals surface area contributed by atoms with E-state index in [1.54, 1.807) is 11.1 Å². The van der Waals surface area contributed by atoms with Crippen LogP contribution in [0.4, 0.5) is 0 Å². The van der Waals surface area contributed by atoms with Gasteiger partial charge in [-0.25, -0.2) is 0 Å². The lowest BCUT2D eigenvalue weighted by atomic mass is 9.69. The van der Waals surface area contributed by atoms with Gasteiger partial charge in [-0.2, -0.15) is 0 Å². The van der Waals surface area contributed by atoms with E-state index in [0.29, 0.717) is 11.8 Å². The molecule has 0 aromatic heterocycles. The highest BCUT2D eigenvalue weighted by Crippen LogP contribution is 2.45. The largest absolute Gasteiger partial charge is 0.0847 e. The molecule has 0 heterocycles. The average Bonchev–Trinajstić information content (AvgIpc) is 2.74. The van der Waals surface area contributed by atoms with Crippen LogP contribution in [-0.4, -0.2) is 0 Å². The predicted molar refractivity (Wildman–Crippen MR) is 111 cm³/mol. The molecule has 26 heavy (non-hydrogen) atoms. The van der Waals surface area contributed by atoms with Crippen LogP contribution in [-0.2, 0) is 0 Å². The third kappa shape index (κ3) is 3.85. The van der Waals surface area contributed by atoms with Crippen LogP contribution in [0.2, 0.25) is 0 Å². The Morgan fingerprint density at radius 3 is 1.35 bits per heavy atom. The Morgan fingerprint density at radius 1 is 0.500 bits per heavy atom. The molecular weight excluding hydrogens is 312 g/mol. The topological polar surface area (TPSA) is 0 Å². The minimum absolute atomic E-state index is 0.436. The smallest absolute Gasteiger partial charge is 0.0192 e. The molecule has 0 saturated carbocycles. The molecular formula is C26H30. The van der Waals surface area contributed by atoms with Gasteiger partial charge in [-0.05, 0) is 62.5 Å². The minimum Gasteiger partial charge on any atom is -0.0847 e. The van der Waals surface area contributed by atoms with Gasteiger partial charge in [0.1, 0.15) is 0 Å². The van der Waals surface area contributed by atoms with Crippen LogP contribution in [0, 0.1) is 5.92 Å². The monoisotopic (exact) mass is 342 g/mol. The van der Waals surface area contributed by atoms with Gasteiger partial charge in [-0.3, -0.25) is 0 Å². The fraction of sp³-hybridized carbons (Fsp3) is 0.385. The van der Waals surface area contributed by atoms with Crippen LogP contribution >= 0.6 is 0 Å². The summed E-state index contributed by atoms with van der Waals surface area (Å²) < 4.78 is 0. The van der Waals surface area contributed by atoms with Gasteiger partial charge in [-0.15, -0.1) is 0 Å². The highest BCUT2D eigenvalue weighted by atomic mass is 14.3. The molecule has 134 valence electrons. The molecule has 0 amide bonds. The number of hydrogen-bond acceptors (Lipinski definition) is 0. The van der Waals surface area contributed by atoms with Gasteiger partial charge in [0.25, 0.3) is 0 Å². The molecule has 0 aliphatic heterocycles. The van der Waals surface area contributed by atoms with E-state index < -0.39 is 0 Å². The van der Waals surface area contributed by atoms with Crippen LogP contribution in [0.3, 0.4) is 0 Å². The third-order valence-electron chi connectivity index (χ3n) is 6.10. The highest BCUT2D eigenvalue weighted by molar-refractivity contribution is 5.41. The Balaban J connectivity index is 1.83. The molecule has 0 fully saturated rings. The van der Waals surface area contributed by atoms with Crippen molar-refractivity contribution in [3.8, 4) is 0 Å². The SMILES string of the molecule is C1=C(C(C2=CCCCC2)C(c2ccccc2)c2ccccc2)CCCC1. The van der Waals surface area contributed by atoms with Crippen molar-refractivity contribution in [1.82, 2.24) is 0 Å². The maximum absolute atomic E-state index is 2.57. The van der Waals surface area contributed by atoms with Gasteiger partial charge in [0, 0.05) is 11.8 Å². The molecule has 2 aromatic carbocycles. The summed E-state index contributed by atoms with van der Waals surface area (Å²) in [5, 5.41) is 0. The van der Waals surface area contributed by atoms with Crippen molar-refractivity contribution in [2.45, 2.75) is 57.3 Å². The van der Waals surface area contributed by atoms with E-state index in [1.165, 1.54) is 62.5 Å². The molecule has 0 heteroatoms. The van der Waals surface area contributed by atoms with Gasteiger partial charge < -0.3 is 0 Å². The summed E-state index contributed by atoms with van der Waals surface area (Å²) in [5.41, 5.74) is 6.31. The summed E-state index contributed by atoms with van der Waals surface area (Å²) in [4.78, 5) is 0. The molecule has 0 unspecified atom stereocenters. The summed E-state index contributed by atoms with van der Waals surface area (Å²) in [5.74, 6) is 0.978. The second-order valence-corrected chi connectivity index (χ2v) is 7.83. The van der Waals surface area contributed by atoms with Crippen LogP contribution in [0.5, 0.6) is 0 Å². The highest BCUT2D eigenvalue weighted by Gasteiger charge is 2.31. The van der Waals surface area contributed by atoms with E-state index in [2.05, 4.69) is 72.8 Å². The van der Waals surface area contributed by atoms with E-state index in [9.17, 15) is 0 Å². The summed E-state index contributed by atoms with van der Waals surface area (Å²) in [6, 6.07) is 22.4. The van der Waals surface area contributed by atoms with Crippen LogP contribution < -0.4 is 0 Å². The second-order valence-electron chi connectivity index (χ2n) is 7.83. The summed E-state index contributed by atoms with van der Waals surface area (Å²) in [6.45, 7) is 0. The lowest BCUT2D eigenvalue weighted by molar-refractivity contribution is 0.519. The standard InChI is InChI=1S/C26H30/c1-5-13-21(14-6-1)25(22-15-7-2-8-16-22)26(23-17-9-3-10-18-23)24-19-11-4-12-20-24/h1-2,5-8,13-17,19,25-26H,3-4,9-12,18,20H2. The predicted octanol–water partition coefficient (Wildman–Crippen LogP) is 7.44. The Morgan fingerprint density at radius 2 is 0.962 bits per heavy atom. The first-order valence-corrected chi connectivity index (χ1v) is 10.4. The average molecular weight is 343 g/mol. The molecule has 0 bridgehead atoms. The van der Waals surface area contributed by atoms with E-state index in [4.69, 9.17) is 0 Å². The molecule has 0 radical (unpaired) electrons. The zero-order chi connectivity index (χ0) is 17.6. The molecule has 0 atom stereocenters. The number of hydrogen-bond donors (Lipinski definition) is 0. The number of allylic oxidation sites excluding steroid dienone is 4. The van der Waals surface area contributed by atoms with Gasteiger partial charge >= 0.3 is 0 Å². The molecule has 0 N–H and O–H groups in total. The minimum atomic E-state index is 0.436. The van der Waals surface area contributed by atoms with Crippen molar-refractivity contribution in [2.24, 2.45) is 5.92 Å². The zero-order valence-electron chi connectivity index (χ0n) is 15.7. The first-order chi connectivity index (χ1) is 12.9. The Kier molecular flexibility index (Phi) is 5.69. The Labute approximate surface area is 158 Å². The van der Waals surface area contributed by atoms with E-state index in [-0.39, 0.29) is 0 Å². The van der Waals surface area contributed by atoms with Crippen molar-refractivity contribution < 1.29 is 0 Å². The molecule has 0 saturated heterocycles. The van der Waals surface area contributed by atoms with Crippen molar-refractivity contribution in [3.63, 3.8) is 0 Å². The van der Waals surface area contributed by atoms with E-state index >= 15 is 0 Å². The molecule has 2 aliphatic carbocycles. The summed E-state index contributed by atoms with van der Waals surface area (Å²) in [6.07, 6.45) is 15.6. The summed E-state index contributed by atoms with van der Waals surface area (Å²) >= 11 is 0. The lowest BCUT2D eigenvalue weighted by Crippen LogP contribution is -2.21. The molecule has 0 nitrogen and oxygen atoms in total. The Hall–Kier alpha value is -2.08. The van der Waals surface area contributed by atoms with Crippen molar-refractivity contribution in [3.05, 3.63) is 95.1 Å². The van der Waals surface area contributed by atoms with Crippen molar-refractivity contribution >= 4 is 0 Å². The maximum atomic E-state index is 2.57. The van der Waals surface area contributed by atoms with Crippen LogP contribution in [0.15, 0.2) is 84.0 Å². The quantitative estimate of drug-likeness (QED) is 0.495. The van der Waals surface area contributed by atoms with Crippen LogP contribution in [0.25, 0.3) is 0 Å². The fourth-order valence-corrected chi connectivity index (χ4v) is 4.86. The first-order valence-electron chi connectivity index (χ1n) is 10.4. The lowest BCUT2D eigenvalue weighted by Gasteiger charge is -2.35. The normalized spacial score (nSPS) is 17.9. The van der Waals surface area contributed by atoms with E-state index in [1.807, 2.05) is 0 Å². The molecule has 0 spiro atoms.